The van der Waals surface area contributed by atoms with Crippen molar-refractivity contribution in [2.24, 2.45) is 5.92 Å². The number of thioether (sulfide) groups is 1. The maximum Gasteiger partial charge on any atom is 0.230 e. The van der Waals surface area contributed by atoms with Crippen LogP contribution in [0.25, 0.3) is 11.0 Å². The number of imidazole rings is 1. The van der Waals surface area contributed by atoms with Crippen molar-refractivity contribution in [3.8, 4) is 0 Å². The van der Waals surface area contributed by atoms with E-state index in [0.717, 1.165) is 23.3 Å². The molecule has 26 heavy (non-hydrogen) atoms. The molecule has 3 unspecified atom stereocenters. The van der Waals surface area contributed by atoms with Crippen LogP contribution in [0.3, 0.4) is 0 Å². The Morgan fingerprint density at radius 2 is 2.19 bits per heavy atom. The molecule has 1 aromatic heterocycles. The molecule has 2 N–H and O–H groups in total. The first-order valence-electron chi connectivity index (χ1n) is 9.58. The van der Waals surface area contributed by atoms with Gasteiger partial charge in [0.05, 0.1) is 34.7 Å². The van der Waals surface area contributed by atoms with Crippen molar-refractivity contribution in [1.29, 1.82) is 0 Å². The largest absolute Gasteiger partial charge is 0.376 e. The Morgan fingerprint density at radius 1 is 1.38 bits per heavy atom. The molecule has 2 aromatic rings. The smallest absolute Gasteiger partial charge is 0.230 e. The number of fused-ring (bicyclic) bond motifs is 1. The maximum absolute atomic E-state index is 12.0. The van der Waals surface area contributed by atoms with Crippen molar-refractivity contribution in [2.45, 2.75) is 50.9 Å². The molecule has 1 aromatic carbocycles. The van der Waals surface area contributed by atoms with E-state index >= 15 is 0 Å². The first kappa shape index (κ1) is 19.2. The zero-order chi connectivity index (χ0) is 18.4. The summed E-state index contributed by atoms with van der Waals surface area (Å²) in [5, 5.41) is 3.10. The third-order valence-corrected chi connectivity index (χ3v) is 6.20. The average Bonchev–Trinajstić information content (AvgIpc) is 3.09. The lowest BCUT2D eigenvalue weighted by atomic mass is 9.88. The van der Waals surface area contributed by atoms with Crippen LogP contribution in [0.1, 0.15) is 50.6 Å². The van der Waals surface area contributed by atoms with Gasteiger partial charge in [0.2, 0.25) is 5.91 Å². The lowest BCUT2D eigenvalue weighted by Crippen LogP contribution is -2.32. The van der Waals surface area contributed by atoms with Gasteiger partial charge in [-0.15, -0.1) is 11.8 Å². The van der Waals surface area contributed by atoms with E-state index in [2.05, 4.69) is 29.1 Å². The van der Waals surface area contributed by atoms with Gasteiger partial charge in [0, 0.05) is 6.54 Å². The molecule has 0 spiro atoms. The molecule has 6 heteroatoms. The van der Waals surface area contributed by atoms with Gasteiger partial charge < -0.3 is 15.0 Å². The predicted molar refractivity (Wildman–Crippen MR) is 107 cm³/mol. The topological polar surface area (TPSA) is 67.0 Å². The van der Waals surface area contributed by atoms with Crippen LogP contribution in [-0.2, 0) is 9.53 Å². The Bertz CT molecular complexity index is 685. The minimum Gasteiger partial charge on any atom is -0.376 e. The molecule has 1 saturated carbocycles. The summed E-state index contributed by atoms with van der Waals surface area (Å²) in [5.74, 6) is 2.04. The number of ether oxygens (including phenoxy) is 1. The Kier molecular flexibility index (Phi) is 6.97. The SMILES string of the molecule is CC(SCC(=O)NCCOC1CCCCC1C)c1nc2ccccc2[nH]1. The van der Waals surface area contributed by atoms with Crippen LogP contribution in [0.4, 0.5) is 0 Å². The number of rotatable bonds is 8. The summed E-state index contributed by atoms with van der Waals surface area (Å²) < 4.78 is 5.94. The molecule has 1 amide bonds. The quantitative estimate of drug-likeness (QED) is 0.683. The fourth-order valence-electron chi connectivity index (χ4n) is 3.43. The summed E-state index contributed by atoms with van der Waals surface area (Å²) in [6.45, 7) is 5.52. The number of aromatic nitrogens is 2. The summed E-state index contributed by atoms with van der Waals surface area (Å²) in [7, 11) is 0. The van der Waals surface area contributed by atoms with Crippen molar-refractivity contribution in [3.63, 3.8) is 0 Å². The summed E-state index contributed by atoms with van der Waals surface area (Å²) in [4.78, 5) is 20.0. The molecule has 1 aliphatic carbocycles. The van der Waals surface area contributed by atoms with Crippen molar-refractivity contribution in [3.05, 3.63) is 30.1 Å². The third kappa shape index (κ3) is 5.24. The minimum atomic E-state index is 0.0539. The first-order valence-corrected chi connectivity index (χ1v) is 10.6. The molecular weight excluding hydrogens is 346 g/mol. The van der Waals surface area contributed by atoms with Crippen LogP contribution in [-0.4, -0.2) is 40.9 Å². The zero-order valence-corrected chi connectivity index (χ0v) is 16.5. The fraction of sp³-hybridized carbons (Fsp3) is 0.600. The second-order valence-corrected chi connectivity index (χ2v) is 8.44. The van der Waals surface area contributed by atoms with Crippen molar-refractivity contribution < 1.29 is 9.53 Å². The summed E-state index contributed by atoms with van der Waals surface area (Å²) >= 11 is 1.59. The van der Waals surface area contributed by atoms with Gasteiger partial charge in [0.25, 0.3) is 0 Å². The molecule has 0 bridgehead atoms. The Hall–Kier alpha value is -1.53. The van der Waals surface area contributed by atoms with E-state index in [1.54, 1.807) is 11.8 Å². The van der Waals surface area contributed by atoms with Crippen LogP contribution in [0, 0.1) is 5.92 Å². The molecule has 1 heterocycles. The van der Waals surface area contributed by atoms with E-state index in [1.165, 1.54) is 19.3 Å². The molecule has 0 saturated heterocycles. The Labute approximate surface area is 159 Å². The van der Waals surface area contributed by atoms with Crippen LogP contribution >= 0.6 is 11.8 Å². The standard InChI is InChI=1S/C20H29N3O2S/c1-14-7-3-6-10-18(14)25-12-11-21-19(24)13-26-15(2)20-22-16-8-4-5-9-17(16)23-20/h4-5,8-9,14-15,18H,3,6-7,10-13H2,1-2H3,(H,21,24)(H,22,23). The van der Waals surface area contributed by atoms with E-state index in [1.807, 2.05) is 24.3 Å². The number of carbonyl (C=O) groups excluding carboxylic acids is 1. The zero-order valence-electron chi connectivity index (χ0n) is 15.7. The molecule has 142 valence electrons. The third-order valence-electron chi connectivity index (χ3n) is 5.05. The molecule has 3 rings (SSSR count). The molecule has 1 fully saturated rings. The molecule has 1 aliphatic rings. The van der Waals surface area contributed by atoms with Crippen LogP contribution < -0.4 is 5.32 Å². The van der Waals surface area contributed by atoms with E-state index < -0.39 is 0 Å². The van der Waals surface area contributed by atoms with Gasteiger partial charge in [-0.2, -0.15) is 0 Å². The first-order chi connectivity index (χ1) is 12.6. The lowest BCUT2D eigenvalue weighted by molar-refractivity contribution is -0.119. The van der Waals surface area contributed by atoms with Crippen LogP contribution in [0.2, 0.25) is 0 Å². The van der Waals surface area contributed by atoms with Gasteiger partial charge in [0.1, 0.15) is 5.82 Å². The number of aromatic amines is 1. The Balaban J connectivity index is 1.34. The van der Waals surface area contributed by atoms with E-state index in [-0.39, 0.29) is 11.2 Å². The fourth-order valence-corrected chi connectivity index (χ4v) is 4.20. The van der Waals surface area contributed by atoms with Gasteiger partial charge >= 0.3 is 0 Å². The molecular formula is C20H29N3O2S. The van der Waals surface area contributed by atoms with Gasteiger partial charge in [0.15, 0.2) is 0 Å². The number of benzene rings is 1. The normalized spacial score (nSPS) is 21.6. The number of nitrogens with zero attached hydrogens (tertiary/aromatic N) is 1. The predicted octanol–water partition coefficient (Wildman–Crippen LogP) is 4.07. The lowest BCUT2D eigenvalue weighted by Gasteiger charge is -2.28. The minimum absolute atomic E-state index is 0.0539. The number of carbonyl (C=O) groups is 1. The van der Waals surface area contributed by atoms with Gasteiger partial charge in [-0.3, -0.25) is 4.79 Å². The summed E-state index contributed by atoms with van der Waals surface area (Å²) in [5.41, 5.74) is 2.00. The summed E-state index contributed by atoms with van der Waals surface area (Å²) in [6.07, 6.45) is 5.35. The summed E-state index contributed by atoms with van der Waals surface area (Å²) in [6, 6.07) is 7.98. The van der Waals surface area contributed by atoms with Gasteiger partial charge in [-0.1, -0.05) is 31.9 Å². The molecule has 5 nitrogen and oxygen atoms in total. The maximum atomic E-state index is 12.0. The molecule has 3 atom stereocenters. The number of amides is 1. The highest BCUT2D eigenvalue weighted by Crippen LogP contribution is 2.27. The van der Waals surface area contributed by atoms with Gasteiger partial charge in [-0.05, 0) is 37.8 Å². The van der Waals surface area contributed by atoms with E-state index in [4.69, 9.17) is 4.74 Å². The van der Waals surface area contributed by atoms with Crippen LogP contribution in [0.5, 0.6) is 0 Å². The second-order valence-electron chi connectivity index (χ2n) is 7.11. The average molecular weight is 376 g/mol. The number of nitrogens with one attached hydrogen (secondary N) is 2. The number of para-hydroxylation sites is 2. The van der Waals surface area contributed by atoms with Crippen LogP contribution in [0.15, 0.2) is 24.3 Å². The number of H-pyrrole nitrogens is 1. The monoisotopic (exact) mass is 375 g/mol. The van der Waals surface area contributed by atoms with E-state index in [0.29, 0.717) is 30.9 Å². The van der Waals surface area contributed by atoms with Gasteiger partial charge in [-0.25, -0.2) is 4.98 Å². The number of hydrogen-bond acceptors (Lipinski definition) is 4. The highest BCUT2D eigenvalue weighted by atomic mass is 32.2. The molecule has 0 aliphatic heterocycles. The second kappa shape index (κ2) is 9.42. The number of hydrogen-bond donors (Lipinski definition) is 2. The highest BCUT2D eigenvalue weighted by Gasteiger charge is 2.21. The molecule has 0 radical (unpaired) electrons. The Morgan fingerprint density at radius 3 is 3.00 bits per heavy atom. The van der Waals surface area contributed by atoms with Crippen molar-refractivity contribution >= 4 is 28.7 Å². The van der Waals surface area contributed by atoms with Crippen molar-refractivity contribution in [1.82, 2.24) is 15.3 Å². The van der Waals surface area contributed by atoms with E-state index in [9.17, 15) is 4.79 Å². The highest BCUT2D eigenvalue weighted by molar-refractivity contribution is 8.00. The van der Waals surface area contributed by atoms with Crippen molar-refractivity contribution in [2.75, 3.05) is 18.9 Å².